The standard InChI is InChI=1S/C8H12N2O3/c1-8(2-3-8)6(11)10-4-5-13-7(12)9-10/h2-5H2,1H3,(H,9,12). The Balaban J connectivity index is 1.99. The predicted molar refractivity (Wildman–Crippen MR) is 43.5 cm³/mol. The molecule has 2 fully saturated rings. The molecule has 0 aromatic carbocycles. The molecule has 0 bridgehead atoms. The summed E-state index contributed by atoms with van der Waals surface area (Å²) >= 11 is 0. The number of amides is 2. The summed E-state index contributed by atoms with van der Waals surface area (Å²) in [5.41, 5.74) is 2.15. The van der Waals surface area contributed by atoms with Gasteiger partial charge in [0.2, 0.25) is 5.91 Å². The Kier molecular flexibility index (Phi) is 1.68. The van der Waals surface area contributed by atoms with Crippen LogP contribution in [0.25, 0.3) is 0 Å². The van der Waals surface area contributed by atoms with Gasteiger partial charge in [0.15, 0.2) is 0 Å². The first-order chi connectivity index (χ1) is 6.12. The Bertz CT molecular complexity index is 260. The van der Waals surface area contributed by atoms with Gasteiger partial charge >= 0.3 is 6.09 Å². The molecule has 0 radical (unpaired) electrons. The van der Waals surface area contributed by atoms with Crippen LogP contribution in [0.5, 0.6) is 0 Å². The number of nitrogens with zero attached hydrogens (tertiary/aromatic N) is 1. The van der Waals surface area contributed by atoms with E-state index in [4.69, 9.17) is 0 Å². The van der Waals surface area contributed by atoms with Gasteiger partial charge in [0.1, 0.15) is 6.61 Å². The molecular weight excluding hydrogens is 172 g/mol. The molecule has 0 unspecified atom stereocenters. The number of nitrogens with one attached hydrogen (secondary N) is 1. The highest BCUT2D eigenvalue weighted by Gasteiger charge is 2.48. The highest BCUT2D eigenvalue weighted by Crippen LogP contribution is 2.46. The molecule has 1 heterocycles. The summed E-state index contributed by atoms with van der Waals surface area (Å²) in [5, 5.41) is 1.36. The fraction of sp³-hybridized carbons (Fsp3) is 0.750. The summed E-state index contributed by atoms with van der Waals surface area (Å²) in [6, 6.07) is 0. The second kappa shape index (κ2) is 2.61. The number of ether oxygens (including phenoxy) is 1. The van der Waals surface area contributed by atoms with E-state index in [1.165, 1.54) is 5.01 Å². The molecule has 1 aliphatic carbocycles. The van der Waals surface area contributed by atoms with E-state index in [1.54, 1.807) is 0 Å². The van der Waals surface area contributed by atoms with Crippen molar-refractivity contribution >= 4 is 12.0 Å². The molecule has 2 rings (SSSR count). The van der Waals surface area contributed by atoms with Crippen LogP contribution in [-0.2, 0) is 9.53 Å². The van der Waals surface area contributed by atoms with Crippen molar-refractivity contribution in [3.63, 3.8) is 0 Å². The smallest absolute Gasteiger partial charge is 0.426 e. The molecule has 2 aliphatic rings. The van der Waals surface area contributed by atoms with Gasteiger partial charge in [0, 0.05) is 5.41 Å². The number of carbonyl (C=O) groups excluding carboxylic acids is 2. The van der Waals surface area contributed by atoms with Crippen molar-refractivity contribution in [2.24, 2.45) is 5.41 Å². The maximum Gasteiger partial charge on any atom is 0.426 e. The number of cyclic esters (lactones) is 1. The highest BCUT2D eigenvalue weighted by atomic mass is 16.6. The zero-order valence-corrected chi connectivity index (χ0v) is 7.50. The monoisotopic (exact) mass is 184 g/mol. The molecule has 0 aromatic rings. The van der Waals surface area contributed by atoms with Gasteiger partial charge in [-0.2, -0.15) is 0 Å². The molecule has 13 heavy (non-hydrogen) atoms. The van der Waals surface area contributed by atoms with Crippen molar-refractivity contribution in [3.8, 4) is 0 Å². The predicted octanol–water partition coefficient (Wildman–Crippen LogP) is 0.270. The van der Waals surface area contributed by atoms with E-state index in [0.29, 0.717) is 6.54 Å². The quantitative estimate of drug-likeness (QED) is 0.636. The van der Waals surface area contributed by atoms with Crippen LogP contribution in [0.1, 0.15) is 19.8 Å². The Morgan fingerprint density at radius 3 is 2.85 bits per heavy atom. The Morgan fingerprint density at radius 2 is 2.31 bits per heavy atom. The molecule has 2 amide bonds. The van der Waals surface area contributed by atoms with E-state index in [0.717, 1.165) is 12.8 Å². The molecule has 1 saturated carbocycles. The number of hydrazine groups is 1. The van der Waals surface area contributed by atoms with E-state index in [-0.39, 0.29) is 17.9 Å². The SMILES string of the molecule is CC1(C(=O)N2CCOC(=O)N2)CC1. The van der Waals surface area contributed by atoms with Crippen LogP contribution in [0.3, 0.4) is 0 Å². The van der Waals surface area contributed by atoms with Crippen LogP contribution in [0, 0.1) is 5.41 Å². The van der Waals surface area contributed by atoms with Crippen LogP contribution in [0.4, 0.5) is 4.79 Å². The lowest BCUT2D eigenvalue weighted by Gasteiger charge is -2.29. The molecule has 1 aliphatic heterocycles. The Labute approximate surface area is 76.0 Å². The lowest BCUT2D eigenvalue weighted by Crippen LogP contribution is -2.54. The second-order valence-corrected chi connectivity index (χ2v) is 3.77. The average Bonchev–Trinajstić information content (AvgIpc) is 2.84. The van der Waals surface area contributed by atoms with E-state index < -0.39 is 6.09 Å². The molecule has 72 valence electrons. The maximum atomic E-state index is 11.7. The molecule has 0 atom stereocenters. The number of hydrogen-bond donors (Lipinski definition) is 1. The van der Waals surface area contributed by atoms with Gasteiger partial charge in [-0.05, 0) is 12.8 Å². The zero-order chi connectivity index (χ0) is 9.47. The average molecular weight is 184 g/mol. The van der Waals surface area contributed by atoms with Crippen LogP contribution < -0.4 is 5.43 Å². The molecule has 5 nitrogen and oxygen atoms in total. The largest absolute Gasteiger partial charge is 0.446 e. The summed E-state index contributed by atoms with van der Waals surface area (Å²) < 4.78 is 4.65. The first kappa shape index (κ1) is 8.34. The van der Waals surface area contributed by atoms with Crippen molar-refractivity contribution in [1.29, 1.82) is 0 Å². The van der Waals surface area contributed by atoms with Crippen LogP contribution in [0.15, 0.2) is 0 Å². The number of carbonyl (C=O) groups is 2. The van der Waals surface area contributed by atoms with Crippen LogP contribution in [0.2, 0.25) is 0 Å². The number of rotatable bonds is 1. The first-order valence-electron chi connectivity index (χ1n) is 4.37. The lowest BCUT2D eigenvalue weighted by molar-refractivity contribution is -0.141. The second-order valence-electron chi connectivity index (χ2n) is 3.77. The summed E-state index contributed by atoms with van der Waals surface area (Å²) in [4.78, 5) is 22.5. The normalized spacial score (nSPS) is 24.7. The van der Waals surface area contributed by atoms with Gasteiger partial charge in [0.25, 0.3) is 0 Å². The molecule has 0 spiro atoms. The summed E-state index contributed by atoms with van der Waals surface area (Å²) in [6.07, 6.45) is 1.29. The van der Waals surface area contributed by atoms with Crippen LogP contribution >= 0.6 is 0 Å². The minimum Gasteiger partial charge on any atom is -0.446 e. The summed E-state index contributed by atoms with van der Waals surface area (Å²) in [6.45, 7) is 2.64. The van der Waals surface area contributed by atoms with Crippen LogP contribution in [-0.4, -0.2) is 30.2 Å². The minimum atomic E-state index is -0.538. The Hall–Kier alpha value is -1.26. The summed E-state index contributed by atoms with van der Waals surface area (Å²) in [5.74, 6) is 0.00384. The third-order valence-corrected chi connectivity index (χ3v) is 2.54. The molecule has 1 N–H and O–H groups in total. The van der Waals surface area contributed by atoms with E-state index >= 15 is 0 Å². The lowest BCUT2D eigenvalue weighted by atomic mass is 10.1. The van der Waals surface area contributed by atoms with Gasteiger partial charge in [0.05, 0.1) is 6.54 Å². The third-order valence-electron chi connectivity index (χ3n) is 2.54. The molecule has 5 heteroatoms. The highest BCUT2D eigenvalue weighted by molar-refractivity contribution is 5.86. The van der Waals surface area contributed by atoms with E-state index in [9.17, 15) is 9.59 Å². The molecule has 1 saturated heterocycles. The first-order valence-corrected chi connectivity index (χ1v) is 4.37. The van der Waals surface area contributed by atoms with Gasteiger partial charge in [-0.15, -0.1) is 0 Å². The fourth-order valence-electron chi connectivity index (χ4n) is 1.31. The van der Waals surface area contributed by atoms with Crippen molar-refractivity contribution in [2.75, 3.05) is 13.2 Å². The van der Waals surface area contributed by atoms with E-state index in [1.807, 2.05) is 6.92 Å². The van der Waals surface area contributed by atoms with Crippen molar-refractivity contribution in [2.45, 2.75) is 19.8 Å². The fourth-order valence-corrected chi connectivity index (χ4v) is 1.31. The van der Waals surface area contributed by atoms with Gasteiger partial charge < -0.3 is 4.74 Å². The zero-order valence-electron chi connectivity index (χ0n) is 7.50. The van der Waals surface area contributed by atoms with Crippen molar-refractivity contribution in [1.82, 2.24) is 10.4 Å². The topological polar surface area (TPSA) is 58.6 Å². The summed E-state index contributed by atoms with van der Waals surface area (Å²) in [7, 11) is 0. The van der Waals surface area contributed by atoms with Crippen molar-refractivity contribution in [3.05, 3.63) is 0 Å². The minimum absolute atomic E-state index is 0.00384. The van der Waals surface area contributed by atoms with E-state index in [2.05, 4.69) is 10.2 Å². The van der Waals surface area contributed by atoms with Gasteiger partial charge in [-0.25, -0.2) is 15.2 Å². The molecule has 0 aromatic heterocycles. The van der Waals surface area contributed by atoms with Gasteiger partial charge in [-0.3, -0.25) is 4.79 Å². The van der Waals surface area contributed by atoms with Crippen molar-refractivity contribution < 1.29 is 14.3 Å². The maximum absolute atomic E-state index is 11.7. The third kappa shape index (κ3) is 1.46. The Morgan fingerprint density at radius 1 is 1.62 bits per heavy atom. The van der Waals surface area contributed by atoms with Gasteiger partial charge in [-0.1, -0.05) is 6.92 Å². The number of hydrogen-bond acceptors (Lipinski definition) is 3. The molecular formula is C8H12N2O3.